The van der Waals surface area contributed by atoms with Gasteiger partial charge in [-0.2, -0.15) is 0 Å². The van der Waals surface area contributed by atoms with E-state index < -0.39 is 0 Å². The van der Waals surface area contributed by atoms with Crippen molar-refractivity contribution < 1.29 is 9.47 Å². The monoisotopic (exact) mass is 274 g/mol. The first-order chi connectivity index (χ1) is 9.85. The highest BCUT2D eigenvalue weighted by molar-refractivity contribution is 5.40. The van der Waals surface area contributed by atoms with E-state index >= 15 is 0 Å². The number of aryl methyl sites for hydroxylation is 1. The SMILES string of the molecule is NCCCc1cn(CC2COc3ccccc3O2)nn1. The molecule has 0 saturated carbocycles. The maximum absolute atomic E-state index is 5.89. The number of hydrogen-bond acceptors (Lipinski definition) is 5. The van der Waals surface area contributed by atoms with Gasteiger partial charge < -0.3 is 15.2 Å². The van der Waals surface area contributed by atoms with Crippen LogP contribution in [-0.2, 0) is 13.0 Å². The van der Waals surface area contributed by atoms with Crippen LogP contribution in [0.25, 0.3) is 0 Å². The first-order valence-electron chi connectivity index (χ1n) is 6.82. The lowest BCUT2D eigenvalue weighted by molar-refractivity contribution is 0.0755. The minimum Gasteiger partial charge on any atom is -0.486 e. The van der Waals surface area contributed by atoms with E-state index in [-0.39, 0.29) is 6.10 Å². The normalized spacial score (nSPS) is 17.1. The fourth-order valence-electron chi connectivity index (χ4n) is 2.19. The number of fused-ring (bicyclic) bond motifs is 1. The highest BCUT2D eigenvalue weighted by Crippen LogP contribution is 2.31. The lowest BCUT2D eigenvalue weighted by atomic mass is 10.2. The zero-order chi connectivity index (χ0) is 13.8. The third-order valence-electron chi connectivity index (χ3n) is 3.18. The van der Waals surface area contributed by atoms with Crippen molar-refractivity contribution in [2.75, 3.05) is 13.2 Å². The lowest BCUT2D eigenvalue weighted by Crippen LogP contribution is -2.33. The molecule has 2 N–H and O–H groups in total. The van der Waals surface area contributed by atoms with Gasteiger partial charge in [0.05, 0.1) is 12.2 Å². The van der Waals surface area contributed by atoms with E-state index in [0.29, 0.717) is 19.7 Å². The van der Waals surface area contributed by atoms with Crippen LogP contribution in [0.15, 0.2) is 30.5 Å². The minimum atomic E-state index is -0.0473. The Balaban J connectivity index is 1.60. The fraction of sp³-hybridized carbons (Fsp3) is 0.429. The van der Waals surface area contributed by atoms with E-state index in [1.807, 2.05) is 30.5 Å². The molecule has 0 fully saturated rings. The summed E-state index contributed by atoms with van der Waals surface area (Å²) in [5, 5.41) is 8.23. The highest BCUT2D eigenvalue weighted by Gasteiger charge is 2.21. The Morgan fingerprint density at radius 2 is 2.15 bits per heavy atom. The molecule has 106 valence electrons. The van der Waals surface area contributed by atoms with E-state index in [9.17, 15) is 0 Å². The highest BCUT2D eigenvalue weighted by atomic mass is 16.6. The molecule has 20 heavy (non-hydrogen) atoms. The second kappa shape index (κ2) is 5.92. The van der Waals surface area contributed by atoms with Crippen molar-refractivity contribution in [1.29, 1.82) is 0 Å². The number of para-hydroxylation sites is 2. The smallest absolute Gasteiger partial charge is 0.161 e. The van der Waals surface area contributed by atoms with Gasteiger partial charge in [-0.1, -0.05) is 17.3 Å². The fourth-order valence-corrected chi connectivity index (χ4v) is 2.19. The summed E-state index contributed by atoms with van der Waals surface area (Å²) in [7, 11) is 0. The van der Waals surface area contributed by atoms with Crippen molar-refractivity contribution in [3.05, 3.63) is 36.2 Å². The van der Waals surface area contributed by atoms with Gasteiger partial charge in [0.2, 0.25) is 0 Å². The van der Waals surface area contributed by atoms with Crippen molar-refractivity contribution in [3.8, 4) is 11.5 Å². The van der Waals surface area contributed by atoms with Gasteiger partial charge in [0.15, 0.2) is 17.6 Å². The van der Waals surface area contributed by atoms with Crippen molar-refractivity contribution in [3.63, 3.8) is 0 Å². The maximum atomic E-state index is 5.89. The Bertz CT molecular complexity index is 570. The second-order valence-corrected chi connectivity index (χ2v) is 4.82. The molecule has 2 aromatic rings. The lowest BCUT2D eigenvalue weighted by Gasteiger charge is -2.26. The number of nitrogens with two attached hydrogens (primary N) is 1. The van der Waals surface area contributed by atoms with Gasteiger partial charge in [0, 0.05) is 6.20 Å². The van der Waals surface area contributed by atoms with Gasteiger partial charge in [-0.05, 0) is 31.5 Å². The van der Waals surface area contributed by atoms with E-state index in [4.69, 9.17) is 15.2 Å². The van der Waals surface area contributed by atoms with Crippen LogP contribution >= 0.6 is 0 Å². The summed E-state index contributed by atoms with van der Waals surface area (Å²) in [5.74, 6) is 1.58. The molecule has 1 aromatic carbocycles. The average molecular weight is 274 g/mol. The third kappa shape index (κ3) is 2.91. The van der Waals surface area contributed by atoms with E-state index in [2.05, 4.69) is 10.3 Å². The Morgan fingerprint density at radius 3 is 3.00 bits per heavy atom. The van der Waals surface area contributed by atoms with Crippen molar-refractivity contribution >= 4 is 0 Å². The molecule has 1 aliphatic rings. The molecule has 2 heterocycles. The summed E-state index contributed by atoms with van der Waals surface area (Å²) in [6.07, 6.45) is 3.68. The number of benzene rings is 1. The molecule has 0 bridgehead atoms. The van der Waals surface area contributed by atoms with Crippen LogP contribution in [0.1, 0.15) is 12.1 Å². The zero-order valence-electron chi connectivity index (χ0n) is 11.2. The van der Waals surface area contributed by atoms with Gasteiger partial charge >= 0.3 is 0 Å². The largest absolute Gasteiger partial charge is 0.486 e. The van der Waals surface area contributed by atoms with Crippen LogP contribution in [0.2, 0.25) is 0 Å². The number of aromatic nitrogens is 3. The van der Waals surface area contributed by atoms with E-state index in [0.717, 1.165) is 30.0 Å². The summed E-state index contributed by atoms with van der Waals surface area (Å²) < 4.78 is 13.4. The van der Waals surface area contributed by atoms with Crippen LogP contribution in [0.4, 0.5) is 0 Å². The Labute approximate surface area is 117 Å². The second-order valence-electron chi connectivity index (χ2n) is 4.82. The molecular weight excluding hydrogens is 256 g/mol. The van der Waals surface area contributed by atoms with Gasteiger partial charge in [-0.3, -0.25) is 0 Å². The van der Waals surface area contributed by atoms with Crippen molar-refractivity contribution in [1.82, 2.24) is 15.0 Å². The molecule has 6 nitrogen and oxygen atoms in total. The van der Waals surface area contributed by atoms with Gasteiger partial charge in [0.25, 0.3) is 0 Å². The Morgan fingerprint density at radius 1 is 1.30 bits per heavy atom. The summed E-state index contributed by atoms with van der Waals surface area (Å²) >= 11 is 0. The molecule has 0 amide bonds. The van der Waals surface area contributed by atoms with E-state index in [1.54, 1.807) is 4.68 Å². The Hall–Kier alpha value is -2.08. The Kier molecular flexibility index (Phi) is 3.83. The van der Waals surface area contributed by atoms with Gasteiger partial charge in [-0.25, -0.2) is 4.68 Å². The van der Waals surface area contributed by atoms with Crippen LogP contribution in [0.5, 0.6) is 11.5 Å². The molecule has 1 unspecified atom stereocenters. The molecule has 0 spiro atoms. The van der Waals surface area contributed by atoms with Crippen LogP contribution in [0, 0.1) is 0 Å². The minimum absolute atomic E-state index is 0.0473. The molecular formula is C14H18N4O2. The summed E-state index contributed by atoms with van der Waals surface area (Å²) in [6, 6.07) is 7.69. The first-order valence-corrected chi connectivity index (χ1v) is 6.82. The molecule has 3 rings (SSSR count). The van der Waals surface area contributed by atoms with E-state index in [1.165, 1.54) is 0 Å². The zero-order valence-corrected chi connectivity index (χ0v) is 11.2. The molecule has 0 aliphatic carbocycles. The molecule has 1 aliphatic heterocycles. The standard InChI is InChI=1S/C14H18N4O2/c15-7-3-4-11-8-18(17-16-11)9-12-10-19-13-5-1-2-6-14(13)20-12/h1-2,5-6,8,12H,3-4,7,9-10,15H2. The molecule has 6 heteroatoms. The molecule has 1 aromatic heterocycles. The maximum Gasteiger partial charge on any atom is 0.161 e. The first kappa shape index (κ1) is 12.9. The summed E-state index contributed by atoms with van der Waals surface area (Å²) in [6.45, 7) is 1.82. The summed E-state index contributed by atoms with van der Waals surface area (Å²) in [4.78, 5) is 0. The quantitative estimate of drug-likeness (QED) is 0.880. The number of hydrogen-bond donors (Lipinski definition) is 1. The third-order valence-corrected chi connectivity index (χ3v) is 3.18. The summed E-state index contributed by atoms with van der Waals surface area (Å²) in [5.41, 5.74) is 6.45. The molecule has 0 radical (unpaired) electrons. The van der Waals surface area contributed by atoms with Crippen LogP contribution < -0.4 is 15.2 Å². The van der Waals surface area contributed by atoms with Gasteiger partial charge in [-0.15, -0.1) is 5.10 Å². The predicted molar refractivity (Wildman–Crippen MR) is 73.8 cm³/mol. The van der Waals surface area contributed by atoms with Crippen molar-refractivity contribution in [2.24, 2.45) is 5.73 Å². The van der Waals surface area contributed by atoms with Gasteiger partial charge in [0.1, 0.15) is 6.61 Å². The number of nitrogens with zero attached hydrogens (tertiary/aromatic N) is 3. The molecule has 0 saturated heterocycles. The number of ether oxygens (including phenoxy) is 2. The topological polar surface area (TPSA) is 75.2 Å². The van der Waals surface area contributed by atoms with Crippen LogP contribution in [0.3, 0.4) is 0 Å². The van der Waals surface area contributed by atoms with Crippen molar-refractivity contribution in [2.45, 2.75) is 25.5 Å². The average Bonchev–Trinajstić information content (AvgIpc) is 2.92. The molecule has 1 atom stereocenters. The number of rotatable bonds is 5. The van der Waals surface area contributed by atoms with Crippen LogP contribution in [-0.4, -0.2) is 34.2 Å². The predicted octanol–water partition coefficient (Wildman–Crippen LogP) is 1.01.